The van der Waals surface area contributed by atoms with Crippen LogP contribution < -0.4 is 0 Å². The quantitative estimate of drug-likeness (QED) is 0.748. The number of rotatable bonds is 2. The molecule has 1 aromatic heterocycles. The molecule has 1 aromatic rings. The van der Waals surface area contributed by atoms with E-state index in [1.807, 2.05) is 16.9 Å². The van der Waals surface area contributed by atoms with E-state index in [1.54, 1.807) is 11.1 Å². The first kappa shape index (κ1) is 10.2. The average molecular weight is 209 g/mol. The first-order chi connectivity index (χ1) is 7.31. The van der Waals surface area contributed by atoms with Gasteiger partial charge in [-0.05, 0) is 18.9 Å². The predicted molar refractivity (Wildman–Crippen MR) is 54.2 cm³/mol. The maximum absolute atomic E-state index is 11.2. The summed E-state index contributed by atoms with van der Waals surface area (Å²) >= 11 is 0. The summed E-state index contributed by atoms with van der Waals surface area (Å²) in [5.74, 6) is -0.172. The highest BCUT2D eigenvalue weighted by atomic mass is 16.3. The summed E-state index contributed by atoms with van der Waals surface area (Å²) in [6.45, 7) is 1.04. The van der Waals surface area contributed by atoms with Gasteiger partial charge in [-0.1, -0.05) is 0 Å². The maximum atomic E-state index is 11.2. The van der Waals surface area contributed by atoms with Gasteiger partial charge < -0.3 is 10.0 Å². The van der Waals surface area contributed by atoms with Gasteiger partial charge in [0.1, 0.15) is 6.61 Å². The van der Waals surface area contributed by atoms with Crippen LogP contribution >= 0.6 is 0 Å². The second kappa shape index (κ2) is 4.44. The van der Waals surface area contributed by atoms with E-state index < -0.39 is 0 Å². The molecule has 1 amide bonds. The molecule has 1 N–H and O–H groups in total. The molecule has 0 spiro atoms. The SMILES string of the molecule is O=C(CO)N1CCC(n2cccn2)CC1. The first-order valence-electron chi connectivity index (χ1n) is 5.19. The van der Waals surface area contributed by atoms with Gasteiger partial charge in [0.15, 0.2) is 0 Å². The number of hydrogen-bond acceptors (Lipinski definition) is 3. The van der Waals surface area contributed by atoms with Crippen molar-refractivity contribution in [3.63, 3.8) is 0 Å². The number of aliphatic hydroxyl groups excluding tert-OH is 1. The van der Waals surface area contributed by atoms with Crippen LogP contribution in [0.25, 0.3) is 0 Å². The van der Waals surface area contributed by atoms with E-state index >= 15 is 0 Å². The van der Waals surface area contributed by atoms with Crippen molar-refractivity contribution >= 4 is 5.91 Å². The molecule has 0 unspecified atom stereocenters. The second-order valence-corrected chi connectivity index (χ2v) is 3.76. The van der Waals surface area contributed by atoms with Gasteiger partial charge in [-0.2, -0.15) is 5.10 Å². The zero-order valence-electron chi connectivity index (χ0n) is 8.54. The van der Waals surface area contributed by atoms with Crippen LogP contribution in [0.2, 0.25) is 0 Å². The molecule has 1 aliphatic heterocycles. The molecule has 2 heterocycles. The highest BCUT2D eigenvalue weighted by molar-refractivity contribution is 5.77. The molecule has 0 aromatic carbocycles. The van der Waals surface area contributed by atoms with Crippen LogP contribution in [0.3, 0.4) is 0 Å². The molecule has 0 atom stereocenters. The van der Waals surface area contributed by atoms with Gasteiger partial charge >= 0.3 is 0 Å². The predicted octanol–water partition coefficient (Wildman–Crippen LogP) is 0.0389. The standard InChI is InChI=1S/C10H15N3O2/c14-8-10(15)12-6-2-9(3-7-12)13-5-1-4-11-13/h1,4-5,9,14H,2-3,6-8H2. The number of hydrogen-bond donors (Lipinski definition) is 1. The summed E-state index contributed by atoms with van der Waals surface area (Å²) in [5, 5.41) is 12.9. The van der Waals surface area contributed by atoms with E-state index in [9.17, 15) is 4.79 Å². The Bertz CT molecular complexity index is 315. The fourth-order valence-corrected chi connectivity index (χ4v) is 1.98. The van der Waals surface area contributed by atoms with Crippen LogP contribution in [0.1, 0.15) is 18.9 Å². The molecular formula is C10H15N3O2. The molecule has 1 fully saturated rings. The van der Waals surface area contributed by atoms with Crippen LogP contribution in [0.15, 0.2) is 18.5 Å². The third-order valence-electron chi connectivity index (χ3n) is 2.85. The summed E-state index contributed by atoms with van der Waals surface area (Å²) < 4.78 is 1.95. The minimum absolute atomic E-state index is 0.172. The molecule has 2 rings (SSSR count). The Morgan fingerprint density at radius 1 is 1.47 bits per heavy atom. The van der Waals surface area contributed by atoms with Crippen molar-refractivity contribution in [2.45, 2.75) is 18.9 Å². The largest absolute Gasteiger partial charge is 0.387 e. The number of piperidine rings is 1. The molecule has 0 radical (unpaired) electrons. The van der Waals surface area contributed by atoms with Crippen LogP contribution in [-0.2, 0) is 4.79 Å². The molecule has 15 heavy (non-hydrogen) atoms. The van der Waals surface area contributed by atoms with Gasteiger partial charge in [-0.25, -0.2) is 0 Å². The lowest BCUT2D eigenvalue weighted by Crippen LogP contribution is -2.40. The summed E-state index contributed by atoms with van der Waals surface area (Å²) in [6.07, 6.45) is 5.54. The normalized spacial score (nSPS) is 18.1. The maximum Gasteiger partial charge on any atom is 0.248 e. The van der Waals surface area contributed by atoms with Gasteiger partial charge in [0.25, 0.3) is 0 Å². The zero-order chi connectivity index (χ0) is 10.7. The van der Waals surface area contributed by atoms with Gasteiger partial charge in [0.05, 0.1) is 6.04 Å². The Morgan fingerprint density at radius 3 is 2.73 bits per heavy atom. The summed E-state index contributed by atoms with van der Waals surface area (Å²) in [5.41, 5.74) is 0. The lowest BCUT2D eigenvalue weighted by Gasteiger charge is -2.31. The van der Waals surface area contributed by atoms with Crippen molar-refractivity contribution in [2.75, 3.05) is 19.7 Å². The topological polar surface area (TPSA) is 58.4 Å². The third kappa shape index (κ3) is 2.18. The Balaban J connectivity index is 1.90. The molecule has 82 valence electrons. The first-order valence-corrected chi connectivity index (χ1v) is 5.19. The highest BCUT2D eigenvalue weighted by Gasteiger charge is 2.23. The molecular weight excluding hydrogens is 194 g/mol. The number of aromatic nitrogens is 2. The Labute approximate surface area is 88.3 Å². The molecule has 0 bridgehead atoms. The van der Waals surface area contributed by atoms with Gasteiger partial charge in [0, 0.05) is 25.5 Å². The average Bonchev–Trinajstić information content (AvgIpc) is 2.82. The Hall–Kier alpha value is -1.36. The minimum atomic E-state index is -0.383. The monoisotopic (exact) mass is 209 g/mol. The number of aliphatic hydroxyl groups is 1. The molecule has 0 saturated carbocycles. The lowest BCUT2D eigenvalue weighted by atomic mass is 10.1. The van der Waals surface area contributed by atoms with Gasteiger partial charge in [-0.15, -0.1) is 0 Å². The molecule has 5 heteroatoms. The number of carbonyl (C=O) groups is 1. The molecule has 0 aliphatic carbocycles. The smallest absolute Gasteiger partial charge is 0.248 e. The van der Waals surface area contributed by atoms with Crippen molar-refractivity contribution in [1.82, 2.24) is 14.7 Å². The number of amides is 1. The van der Waals surface area contributed by atoms with Crippen molar-refractivity contribution in [3.05, 3.63) is 18.5 Å². The summed E-state index contributed by atoms with van der Waals surface area (Å²) in [4.78, 5) is 12.9. The molecule has 5 nitrogen and oxygen atoms in total. The van der Waals surface area contributed by atoms with Crippen LogP contribution in [-0.4, -0.2) is 45.4 Å². The highest BCUT2D eigenvalue weighted by Crippen LogP contribution is 2.21. The van der Waals surface area contributed by atoms with E-state index in [2.05, 4.69) is 5.10 Å². The minimum Gasteiger partial charge on any atom is -0.387 e. The van der Waals surface area contributed by atoms with E-state index in [0.29, 0.717) is 19.1 Å². The van der Waals surface area contributed by atoms with Crippen molar-refractivity contribution < 1.29 is 9.90 Å². The van der Waals surface area contributed by atoms with Crippen molar-refractivity contribution in [1.29, 1.82) is 0 Å². The second-order valence-electron chi connectivity index (χ2n) is 3.76. The fraction of sp³-hybridized carbons (Fsp3) is 0.600. The Kier molecular flexibility index (Phi) is 3.01. The van der Waals surface area contributed by atoms with Crippen LogP contribution in [0, 0.1) is 0 Å². The summed E-state index contributed by atoms with van der Waals surface area (Å²) in [7, 11) is 0. The van der Waals surface area contributed by atoms with Gasteiger partial charge in [-0.3, -0.25) is 9.48 Å². The Morgan fingerprint density at radius 2 is 2.20 bits per heavy atom. The number of carbonyl (C=O) groups excluding carboxylic acids is 1. The van der Waals surface area contributed by atoms with E-state index in [1.165, 1.54) is 0 Å². The van der Waals surface area contributed by atoms with E-state index in [-0.39, 0.29) is 12.5 Å². The van der Waals surface area contributed by atoms with E-state index in [0.717, 1.165) is 12.8 Å². The van der Waals surface area contributed by atoms with Crippen LogP contribution in [0.4, 0.5) is 0 Å². The molecule has 1 aliphatic rings. The van der Waals surface area contributed by atoms with Gasteiger partial charge in [0.2, 0.25) is 5.91 Å². The fourth-order valence-electron chi connectivity index (χ4n) is 1.98. The van der Waals surface area contributed by atoms with Crippen molar-refractivity contribution in [2.24, 2.45) is 0 Å². The zero-order valence-corrected chi connectivity index (χ0v) is 8.54. The van der Waals surface area contributed by atoms with E-state index in [4.69, 9.17) is 5.11 Å². The molecule has 1 saturated heterocycles. The lowest BCUT2D eigenvalue weighted by molar-refractivity contribution is -0.135. The third-order valence-corrected chi connectivity index (χ3v) is 2.85. The number of nitrogens with zero attached hydrogens (tertiary/aromatic N) is 3. The number of likely N-dealkylation sites (tertiary alicyclic amines) is 1. The summed E-state index contributed by atoms with van der Waals surface area (Å²) in [6, 6.07) is 2.30. The van der Waals surface area contributed by atoms with Crippen molar-refractivity contribution in [3.8, 4) is 0 Å². The van der Waals surface area contributed by atoms with Crippen LogP contribution in [0.5, 0.6) is 0 Å².